The van der Waals surface area contributed by atoms with E-state index in [1.807, 2.05) is 6.07 Å². The lowest BCUT2D eigenvalue weighted by molar-refractivity contribution is -0.139. The van der Waals surface area contributed by atoms with E-state index in [9.17, 15) is 28.0 Å². The molecule has 182 valence electrons. The van der Waals surface area contributed by atoms with E-state index < -0.39 is 40.3 Å². The predicted octanol–water partition coefficient (Wildman–Crippen LogP) is 4.86. The van der Waals surface area contributed by atoms with Gasteiger partial charge in [0.1, 0.15) is 11.5 Å². The number of methoxy groups -OCH3 is 2. The molecule has 1 aliphatic rings. The Balaban J connectivity index is 2.46. The fourth-order valence-electron chi connectivity index (χ4n) is 3.69. The van der Waals surface area contributed by atoms with Crippen LogP contribution in [0.3, 0.4) is 0 Å². The van der Waals surface area contributed by atoms with Gasteiger partial charge >= 0.3 is 18.1 Å². The van der Waals surface area contributed by atoms with Gasteiger partial charge in [-0.3, -0.25) is 4.90 Å². The molecule has 2 aromatic carbocycles. The van der Waals surface area contributed by atoms with Crippen molar-refractivity contribution in [3.8, 4) is 6.07 Å². The average molecular weight is 618 g/mol. The summed E-state index contributed by atoms with van der Waals surface area (Å²) in [5.41, 5.74) is 4.75. The summed E-state index contributed by atoms with van der Waals surface area (Å²) in [7, 11) is 2.14. The van der Waals surface area contributed by atoms with Crippen LogP contribution in [0.5, 0.6) is 0 Å². The number of benzene rings is 2. The molecule has 1 unspecified atom stereocenters. The number of nitrogens with zero attached hydrogens (tertiary/aromatic N) is 2. The summed E-state index contributed by atoms with van der Waals surface area (Å²) in [5.74, 6) is -3.44. The van der Waals surface area contributed by atoms with Gasteiger partial charge in [0.05, 0.1) is 53.6 Å². The number of halogens is 5. The molecular weight excluding hydrogens is 602 g/mol. The molecular formula is C23H16ClF3IN3O4. The first-order valence-corrected chi connectivity index (χ1v) is 11.1. The van der Waals surface area contributed by atoms with Crippen LogP contribution < -0.4 is 10.6 Å². The number of esters is 2. The lowest BCUT2D eigenvalue weighted by Gasteiger charge is -2.36. The second-order valence-corrected chi connectivity index (χ2v) is 8.69. The van der Waals surface area contributed by atoms with Crippen molar-refractivity contribution in [2.24, 2.45) is 5.73 Å². The number of rotatable bonds is 4. The van der Waals surface area contributed by atoms with Crippen molar-refractivity contribution in [3.05, 3.63) is 84.8 Å². The highest BCUT2D eigenvalue weighted by Gasteiger charge is 2.44. The molecule has 3 rings (SSSR count). The van der Waals surface area contributed by atoms with E-state index in [-0.39, 0.29) is 26.2 Å². The van der Waals surface area contributed by atoms with Gasteiger partial charge in [0.2, 0.25) is 0 Å². The molecule has 2 aromatic rings. The minimum absolute atomic E-state index is 0.0496. The number of anilines is 1. The van der Waals surface area contributed by atoms with E-state index in [0.717, 1.165) is 25.2 Å². The molecule has 0 saturated carbocycles. The maximum absolute atomic E-state index is 13.3. The molecule has 0 radical (unpaired) electrons. The average Bonchev–Trinajstić information content (AvgIpc) is 2.82. The highest BCUT2D eigenvalue weighted by molar-refractivity contribution is 14.1. The van der Waals surface area contributed by atoms with Crippen molar-refractivity contribution in [3.63, 3.8) is 0 Å². The second kappa shape index (κ2) is 10.2. The van der Waals surface area contributed by atoms with Crippen LogP contribution in [0.25, 0.3) is 0 Å². The Labute approximate surface area is 216 Å². The first-order valence-electron chi connectivity index (χ1n) is 9.69. The maximum Gasteiger partial charge on any atom is 0.416 e. The van der Waals surface area contributed by atoms with Gasteiger partial charge in [0.25, 0.3) is 0 Å². The topological polar surface area (TPSA) is 106 Å². The number of carbonyl (C=O) groups excluding carboxylic acids is 2. The van der Waals surface area contributed by atoms with Crippen LogP contribution in [-0.2, 0) is 25.2 Å². The molecule has 2 N–H and O–H groups in total. The summed E-state index contributed by atoms with van der Waals surface area (Å²) in [6.07, 6.45) is -4.69. The summed E-state index contributed by atoms with van der Waals surface area (Å²) < 4.78 is 49.7. The zero-order valence-corrected chi connectivity index (χ0v) is 21.0. The summed E-state index contributed by atoms with van der Waals surface area (Å²) in [4.78, 5) is 27.0. The van der Waals surface area contributed by atoms with E-state index >= 15 is 0 Å². The zero-order valence-electron chi connectivity index (χ0n) is 18.1. The van der Waals surface area contributed by atoms with E-state index in [4.69, 9.17) is 26.8 Å². The molecule has 0 bridgehead atoms. The van der Waals surface area contributed by atoms with Gasteiger partial charge < -0.3 is 15.2 Å². The smallest absolute Gasteiger partial charge is 0.416 e. The fourth-order valence-corrected chi connectivity index (χ4v) is 5.02. The number of alkyl halides is 3. The van der Waals surface area contributed by atoms with Crippen LogP contribution >= 0.6 is 34.2 Å². The molecule has 0 spiro atoms. The van der Waals surface area contributed by atoms with Crippen LogP contribution in [0.1, 0.15) is 17.0 Å². The molecule has 0 aliphatic carbocycles. The Bertz CT molecular complexity index is 1280. The highest BCUT2D eigenvalue weighted by atomic mass is 127. The van der Waals surface area contributed by atoms with Gasteiger partial charge in [-0.15, -0.1) is 0 Å². The van der Waals surface area contributed by atoms with Gasteiger partial charge in [-0.1, -0.05) is 41.9 Å². The standard InChI is InChI=1S/C23H16ClF3IN3O4/c1-34-21(32)17-16(11-6-4-3-5-7-11)13(10-29)20(30)31(19(17)22(33)35-2)18-14(24)8-12(9-15(18)28)23(25,26)27/h3-9,16H,30H2,1-2H3. The van der Waals surface area contributed by atoms with Crippen LogP contribution in [0, 0.1) is 14.9 Å². The number of nitriles is 1. The molecule has 1 atom stereocenters. The van der Waals surface area contributed by atoms with E-state index in [2.05, 4.69) is 0 Å². The largest absolute Gasteiger partial charge is 0.466 e. The van der Waals surface area contributed by atoms with Gasteiger partial charge in [0.15, 0.2) is 0 Å². The molecule has 0 aromatic heterocycles. The minimum Gasteiger partial charge on any atom is -0.466 e. The molecule has 12 heteroatoms. The summed E-state index contributed by atoms with van der Waals surface area (Å²) in [5, 5.41) is 9.59. The third-order valence-corrected chi connectivity index (χ3v) is 6.29. The molecule has 1 aliphatic heterocycles. The number of hydrogen-bond acceptors (Lipinski definition) is 7. The maximum atomic E-state index is 13.3. The number of hydrogen-bond donors (Lipinski definition) is 1. The van der Waals surface area contributed by atoms with E-state index in [1.54, 1.807) is 52.9 Å². The Morgan fingerprint density at radius 2 is 1.74 bits per heavy atom. The van der Waals surface area contributed by atoms with Crippen LogP contribution in [-0.4, -0.2) is 26.2 Å². The lowest BCUT2D eigenvalue weighted by atomic mass is 9.81. The van der Waals surface area contributed by atoms with Crippen molar-refractivity contribution in [2.75, 3.05) is 19.1 Å². The SMILES string of the molecule is COC(=O)C1=C(C(=O)OC)N(c2c(Cl)cc(C(F)(F)F)cc2I)C(N)=C(C#N)C1c1ccccc1. The second-order valence-electron chi connectivity index (χ2n) is 7.12. The van der Waals surface area contributed by atoms with Crippen LogP contribution in [0.15, 0.2) is 65.1 Å². The molecule has 1 heterocycles. The van der Waals surface area contributed by atoms with Crippen molar-refractivity contribution in [2.45, 2.75) is 12.1 Å². The number of carbonyl (C=O) groups is 2. The Hall–Kier alpha value is -3.24. The number of nitrogens with two attached hydrogens (primary N) is 1. The van der Waals surface area contributed by atoms with Crippen molar-refractivity contribution < 1.29 is 32.2 Å². The minimum atomic E-state index is -4.69. The van der Waals surface area contributed by atoms with Crippen LogP contribution in [0.4, 0.5) is 18.9 Å². The van der Waals surface area contributed by atoms with E-state index in [0.29, 0.717) is 11.6 Å². The quantitative estimate of drug-likeness (QED) is 0.386. The van der Waals surface area contributed by atoms with Crippen molar-refractivity contribution >= 4 is 51.8 Å². The summed E-state index contributed by atoms with van der Waals surface area (Å²) in [6, 6.07) is 11.7. The van der Waals surface area contributed by atoms with Gasteiger partial charge in [-0.05, 0) is 40.3 Å². The Morgan fingerprint density at radius 3 is 2.23 bits per heavy atom. The first kappa shape index (κ1) is 26.4. The number of ether oxygens (including phenoxy) is 2. The summed E-state index contributed by atoms with van der Waals surface area (Å²) in [6.45, 7) is 0. The van der Waals surface area contributed by atoms with Crippen molar-refractivity contribution in [1.82, 2.24) is 0 Å². The predicted molar refractivity (Wildman–Crippen MR) is 129 cm³/mol. The normalized spacial score (nSPS) is 16.2. The molecule has 0 saturated heterocycles. The van der Waals surface area contributed by atoms with Gasteiger partial charge in [-0.25, -0.2) is 9.59 Å². The van der Waals surface area contributed by atoms with E-state index in [1.165, 1.54) is 0 Å². The Kier molecular flexibility index (Phi) is 7.66. The van der Waals surface area contributed by atoms with Gasteiger partial charge in [-0.2, -0.15) is 18.4 Å². The number of allylic oxidation sites excluding steroid dienone is 1. The zero-order chi connectivity index (χ0) is 26.1. The third-order valence-electron chi connectivity index (χ3n) is 5.18. The highest BCUT2D eigenvalue weighted by Crippen LogP contribution is 2.47. The van der Waals surface area contributed by atoms with Gasteiger partial charge in [0, 0.05) is 3.57 Å². The lowest BCUT2D eigenvalue weighted by Crippen LogP contribution is -2.41. The summed E-state index contributed by atoms with van der Waals surface area (Å²) >= 11 is 7.86. The first-order chi connectivity index (χ1) is 16.5. The molecule has 7 nitrogen and oxygen atoms in total. The fraction of sp³-hybridized carbons (Fsp3) is 0.174. The van der Waals surface area contributed by atoms with Crippen LogP contribution in [0.2, 0.25) is 5.02 Å². The van der Waals surface area contributed by atoms with Crippen molar-refractivity contribution in [1.29, 1.82) is 5.26 Å². The Morgan fingerprint density at radius 1 is 1.14 bits per heavy atom. The third kappa shape index (κ3) is 4.81. The molecule has 0 fully saturated rings. The molecule has 0 amide bonds. The molecule has 35 heavy (non-hydrogen) atoms. The monoisotopic (exact) mass is 617 g/mol.